The van der Waals surface area contributed by atoms with E-state index in [9.17, 15) is 14.7 Å². The van der Waals surface area contributed by atoms with Crippen molar-refractivity contribution >= 4 is 23.6 Å². The molecule has 1 amide bonds. The Hall–Kier alpha value is -1.05. The van der Waals surface area contributed by atoms with Gasteiger partial charge in [-0.05, 0) is 18.4 Å². The highest BCUT2D eigenvalue weighted by Crippen LogP contribution is 2.41. The number of carboxylic acid groups (broad SMARTS) is 1. The molecule has 0 aromatic heterocycles. The number of hydrogen-bond donors (Lipinski definition) is 2. The van der Waals surface area contributed by atoms with E-state index in [4.69, 9.17) is 10.5 Å². The number of thioether (sulfide) groups is 1. The second-order valence-corrected chi connectivity index (χ2v) is 5.72. The lowest BCUT2D eigenvalue weighted by molar-refractivity contribution is -0.148. The highest BCUT2D eigenvalue weighted by molar-refractivity contribution is 8.00. The average Bonchev–Trinajstić information content (AvgIpc) is 2.89. The molecule has 3 aliphatic rings. The minimum absolute atomic E-state index is 0.0948. The van der Waals surface area contributed by atoms with Gasteiger partial charge in [0.25, 0.3) is 0 Å². The summed E-state index contributed by atoms with van der Waals surface area (Å²) in [6.45, 7) is 0.655. The van der Waals surface area contributed by atoms with Crippen molar-refractivity contribution in [2.24, 2.45) is 5.73 Å². The molecule has 6 nitrogen and oxygen atoms in total. The monoisotopic (exact) mass is 270 g/mol. The lowest BCUT2D eigenvalue weighted by Gasteiger charge is -2.48. The number of β-lactam (4-membered cyclic amide) rings is 1. The van der Waals surface area contributed by atoms with E-state index >= 15 is 0 Å². The fourth-order valence-corrected chi connectivity index (χ4v) is 3.99. The van der Waals surface area contributed by atoms with Crippen LogP contribution in [0.25, 0.3) is 0 Å². The van der Waals surface area contributed by atoms with Crippen LogP contribution in [0.15, 0.2) is 11.3 Å². The van der Waals surface area contributed by atoms with Gasteiger partial charge in [0.2, 0.25) is 5.91 Å². The first-order valence-electron chi connectivity index (χ1n) is 5.89. The lowest BCUT2D eigenvalue weighted by atomic mass is 10.00. The zero-order valence-electron chi connectivity index (χ0n) is 9.67. The highest BCUT2D eigenvalue weighted by atomic mass is 32.2. The number of rotatable bonds is 2. The number of carbonyl (C=O) groups excluding carboxylic acids is 1. The fraction of sp³-hybridized carbons (Fsp3) is 0.636. The van der Waals surface area contributed by atoms with E-state index in [2.05, 4.69) is 0 Å². The number of carboxylic acids is 1. The second kappa shape index (κ2) is 4.25. The summed E-state index contributed by atoms with van der Waals surface area (Å²) in [5, 5.41) is 9.11. The Balaban J connectivity index is 1.97. The largest absolute Gasteiger partial charge is 0.477 e. The molecule has 98 valence electrons. The Morgan fingerprint density at radius 1 is 1.56 bits per heavy atom. The predicted octanol–water partition coefficient (Wildman–Crippen LogP) is -0.253. The van der Waals surface area contributed by atoms with E-state index in [1.807, 2.05) is 0 Å². The lowest BCUT2D eigenvalue weighted by Crippen LogP contribution is -2.68. The smallest absolute Gasteiger partial charge is 0.352 e. The quantitative estimate of drug-likeness (QED) is 0.672. The summed E-state index contributed by atoms with van der Waals surface area (Å²) in [6.07, 6.45) is 1.60. The molecule has 3 heterocycles. The molecule has 2 fully saturated rings. The SMILES string of the molecule is NC1C(=O)N2C(C(=O)O)=C(C3CCCO3)CS[C@@H]12. The van der Waals surface area contributed by atoms with Gasteiger partial charge in [0.15, 0.2) is 0 Å². The van der Waals surface area contributed by atoms with E-state index in [0.717, 1.165) is 18.4 Å². The molecule has 0 spiro atoms. The minimum Gasteiger partial charge on any atom is -0.477 e. The summed E-state index contributed by atoms with van der Waals surface area (Å²) in [4.78, 5) is 24.4. The third-order valence-electron chi connectivity index (χ3n) is 3.56. The van der Waals surface area contributed by atoms with Crippen molar-refractivity contribution in [1.29, 1.82) is 0 Å². The van der Waals surface area contributed by atoms with Gasteiger partial charge in [0.1, 0.15) is 17.1 Å². The molecule has 0 aliphatic carbocycles. The van der Waals surface area contributed by atoms with Crippen molar-refractivity contribution < 1.29 is 19.4 Å². The van der Waals surface area contributed by atoms with Crippen LogP contribution in [0.5, 0.6) is 0 Å². The number of ether oxygens (including phenoxy) is 1. The van der Waals surface area contributed by atoms with Gasteiger partial charge in [-0.3, -0.25) is 9.69 Å². The van der Waals surface area contributed by atoms with Crippen molar-refractivity contribution in [3.8, 4) is 0 Å². The average molecular weight is 270 g/mol. The number of carbonyl (C=O) groups is 2. The van der Waals surface area contributed by atoms with Crippen molar-refractivity contribution in [3.63, 3.8) is 0 Å². The predicted molar refractivity (Wildman–Crippen MR) is 64.7 cm³/mol. The van der Waals surface area contributed by atoms with Crippen molar-refractivity contribution in [3.05, 3.63) is 11.3 Å². The molecule has 0 aromatic rings. The molecule has 0 saturated carbocycles. The van der Waals surface area contributed by atoms with Gasteiger partial charge in [-0.15, -0.1) is 11.8 Å². The van der Waals surface area contributed by atoms with Gasteiger partial charge in [0.05, 0.1) is 6.10 Å². The maximum absolute atomic E-state index is 11.7. The molecule has 3 N–H and O–H groups in total. The van der Waals surface area contributed by atoms with Crippen LogP contribution in [0, 0.1) is 0 Å². The Morgan fingerprint density at radius 2 is 2.33 bits per heavy atom. The molecular formula is C11H14N2O4S. The summed E-state index contributed by atoms with van der Waals surface area (Å²) in [7, 11) is 0. The highest BCUT2D eigenvalue weighted by Gasteiger charge is 2.52. The molecule has 7 heteroatoms. The molecule has 3 aliphatic heterocycles. The second-order valence-electron chi connectivity index (χ2n) is 4.62. The van der Waals surface area contributed by atoms with E-state index in [1.165, 1.54) is 16.7 Å². The van der Waals surface area contributed by atoms with Gasteiger partial charge < -0.3 is 15.6 Å². The Labute approximate surface area is 108 Å². The standard InChI is InChI=1S/C11H14N2O4S/c12-7-9(14)13-8(11(15)16)5(4-18-10(7)13)6-2-1-3-17-6/h6-7,10H,1-4,12H2,(H,15,16)/t6?,7?,10-/m0/s1. The Kier molecular flexibility index (Phi) is 2.84. The number of fused-ring (bicyclic) bond motifs is 1. The fourth-order valence-electron chi connectivity index (χ4n) is 2.64. The van der Waals surface area contributed by atoms with Crippen molar-refractivity contribution in [2.75, 3.05) is 12.4 Å². The topological polar surface area (TPSA) is 92.9 Å². The van der Waals surface area contributed by atoms with Crippen LogP contribution in [0.3, 0.4) is 0 Å². The van der Waals surface area contributed by atoms with Crippen LogP contribution >= 0.6 is 11.8 Å². The minimum atomic E-state index is -1.06. The molecule has 3 rings (SSSR count). The van der Waals surface area contributed by atoms with Crippen LogP contribution in [-0.2, 0) is 14.3 Å². The molecule has 0 radical (unpaired) electrons. The van der Waals surface area contributed by atoms with Gasteiger partial charge in [-0.2, -0.15) is 0 Å². The van der Waals surface area contributed by atoms with Crippen LogP contribution in [-0.4, -0.2) is 51.8 Å². The number of hydrogen-bond acceptors (Lipinski definition) is 5. The van der Waals surface area contributed by atoms with Crippen LogP contribution < -0.4 is 5.73 Å². The zero-order chi connectivity index (χ0) is 12.9. The van der Waals surface area contributed by atoms with E-state index in [1.54, 1.807) is 0 Å². The van der Waals surface area contributed by atoms with Gasteiger partial charge in [-0.1, -0.05) is 0 Å². The Morgan fingerprint density at radius 3 is 2.94 bits per heavy atom. The summed E-state index contributed by atoms with van der Waals surface area (Å²) < 4.78 is 5.54. The number of nitrogens with zero attached hydrogens (tertiary/aromatic N) is 1. The maximum atomic E-state index is 11.7. The van der Waals surface area contributed by atoms with E-state index in [0.29, 0.717) is 12.4 Å². The van der Waals surface area contributed by atoms with Crippen molar-refractivity contribution in [1.82, 2.24) is 4.90 Å². The summed E-state index contributed by atoms with van der Waals surface area (Å²) in [6, 6.07) is -0.574. The molecule has 18 heavy (non-hydrogen) atoms. The third-order valence-corrected chi connectivity index (χ3v) is 4.88. The zero-order valence-corrected chi connectivity index (χ0v) is 10.5. The first kappa shape index (κ1) is 12.0. The third kappa shape index (κ3) is 1.58. The first-order chi connectivity index (χ1) is 8.61. The van der Waals surface area contributed by atoms with E-state index in [-0.39, 0.29) is 23.1 Å². The number of aliphatic carboxylic acids is 1. The maximum Gasteiger partial charge on any atom is 0.352 e. The van der Waals surface area contributed by atoms with Gasteiger partial charge in [-0.25, -0.2) is 4.79 Å². The molecule has 0 aromatic carbocycles. The van der Waals surface area contributed by atoms with Crippen molar-refractivity contribution in [2.45, 2.75) is 30.4 Å². The van der Waals surface area contributed by atoms with Crippen LogP contribution in [0.4, 0.5) is 0 Å². The first-order valence-corrected chi connectivity index (χ1v) is 6.94. The van der Waals surface area contributed by atoms with Gasteiger partial charge >= 0.3 is 5.97 Å². The van der Waals surface area contributed by atoms with Crippen LogP contribution in [0.2, 0.25) is 0 Å². The number of nitrogens with two attached hydrogens (primary N) is 1. The Bertz CT molecular complexity index is 444. The molecule has 2 saturated heterocycles. The normalized spacial score (nSPS) is 35.5. The molecule has 2 unspecified atom stereocenters. The summed E-state index contributed by atoms with van der Waals surface area (Å²) in [5.41, 5.74) is 6.50. The number of amides is 1. The van der Waals surface area contributed by atoms with Crippen LogP contribution in [0.1, 0.15) is 12.8 Å². The van der Waals surface area contributed by atoms with E-state index < -0.39 is 12.0 Å². The van der Waals surface area contributed by atoms with Gasteiger partial charge in [0, 0.05) is 12.4 Å². The summed E-state index contributed by atoms with van der Waals surface area (Å²) in [5.74, 6) is -0.791. The molecular weight excluding hydrogens is 256 g/mol. The molecule has 3 atom stereocenters. The molecule has 0 bridgehead atoms. The summed E-state index contributed by atoms with van der Waals surface area (Å²) >= 11 is 1.52.